The summed E-state index contributed by atoms with van der Waals surface area (Å²) < 4.78 is 146. The van der Waals surface area contributed by atoms with E-state index in [2.05, 4.69) is 18.9 Å². The lowest BCUT2D eigenvalue weighted by atomic mass is 9.94. The van der Waals surface area contributed by atoms with E-state index in [0.29, 0.717) is 0 Å². The van der Waals surface area contributed by atoms with Gasteiger partial charge in [-0.25, -0.2) is 0 Å². The Kier molecular flexibility index (Phi) is 14.6. The minimum absolute atomic E-state index is 0.0668. The molecule has 0 amide bonds. The molecule has 0 radical (unpaired) electrons. The Morgan fingerprint density at radius 1 is 0.611 bits per heavy atom. The van der Waals surface area contributed by atoms with Gasteiger partial charge >= 0.3 is 35.9 Å². The molecular formula is C19H27F9O8. The molecule has 0 aromatic carbocycles. The smallest absolute Gasteiger partial charge is 0.460 e. The Morgan fingerprint density at radius 3 is 1.36 bits per heavy atom. The van der Waals surface area contributed by atoms with Crippen molar-refractivity contribution in [3.63, 3.8) is 0 Å². The average molecular weight is 554 g/mol. The van der Waals surface area contributed by atoms with Crippen molar-refractivity contribution in [2.24, 2.45) is 5.92 Å². The summed E-state index contributed by atoms with van der Waals surface area (Å²) in [6.07, 6.45) is -11.0. The van der Waals surface area contributed by atoms with E-state index in [-0.39, 0.29) is 39.6 Å². The van der Waals surface area contributed by atoms with Gasteiger partial charge in [0, 0.05) is 20.6 Å². The van der Waals surface area contributed by atoms with E-state index in [0.717, 1.165) is 0 Å². The van der Waals surface area contributed by atoms with Crippen LogP contribution in [0.25, 0.3) is 0 Å². The largest absolute Gasteiger partial charge is 0.463 e. The van der Waals surface area contributed by atoms with Crippen molar-refractivity contribution in [1.82, 2.24) is 0 Å². The number of ether oxygens (including phenoxy) is 6. The molecule has 0 saturated heterocycles. The number of carbonyl (C=O) groups excluding carboxylic acids is 2. The number of hydrogen-bond acceptors (Lipinski definition) is 8. The summed E-state index contributed by atoms with van der Waals surface area (Å²) >= 11 is 0. The van der Waals surface area contributed by atoms with Gasteiger partial charge in [0.1, 0.15) is 13.2 Å². The van der Waals surface area contributed by atoms with Gasteiger partial charge in [0.25, 0.3) is 0 Å². The molecule has 8 nitrogen and oxygen atoms in total. The zero-order valence-corrected chi connectivity index (χ0v) is 19.3. The summed E-state index contributed by atoms with van der Waals surface area (Å²) in [5.41, 5.74) is 0. The Labute approximate surface area is 200 Å². The number of rotatable bonds is 19. The van der Waals surface area contributed by atoms with Gasteiger partial charge in [-0.15, -0.1) is 0 Å². The predicted molar refractivity (Wildman–Crippen MR) is 101 cm³/mol. The number of alkyl halides is 9. The lowest BCUT2D eigenvalue weighted by Crippen LogP contribution is -2.60. The van der Waals surface area contributed by atoms with Crippen molar-refractivity contribution in [3.8, 4) is 0 Å². The first-order valence-electron chi connectivity index (χ1n) is 10.2. The number of halogens is 9. The fourth-order valence-corrected chi connectivity index (χ4v) is 2.31. The second kappa shape index (κ2) is 15.4. The highest BCUT2D eigenvalue weighted by molar-refractivity contribution is 5.94. The van der Waals surface area contributed by atoms with Crippen molar-refractivity contribution in [3.05, 3.63) is 0 Å². The number of hydrogen-bond donors (Lipinski definition) is 0. The third-order valence-electron chi connectivity index (χ3n) is 4.33. The van der Waals surface area contributed by atoms with Crippen LogP contribution in [-0.2, 0) is 38.0 Å². The minimum Gasteiger partial charge on any atom is -0.463 e. The fourth-order valence-electron chi connectivity index (χ4n) is 2.31. The lowest BCUT2D eigenvalue weighted by molar-refractivity contribution is -0.396. The van der Waals surface area contributed by atoms with Crippen molar-refractivity contribution < 1.29 is 77.5 Å². The molecule has 0 unspecified atom stereocenters. The Morgan fingerprint density at radius 2 is 1.00 bits per heavy atom. The average Bonchev–Trinajstić information content (AvgIpc) is 2.77. The molecule has 0 saturated carbocycles. The van der Waals surface area contributed by atoms with Gasteiger partial charge in [-0.3, -0.25) is 9.59 Å². The molecule has 0 heterocycles. The summed E-state index contributed by atoms with van der Waals surface area (Å²) in [5.74, 6) is -25.4. The second-order valence-electron chi connectivity index (χ2n) is 6.99. The van der Waals surface area contributed by atoms with Gasteiger partial charge in [0.15, 0.2) is 5.92 Å². The molecule has 0 aromatic rings. The third kappa shape index (κ3) is 10.3. The summed E-state index contributed by atoms with van der Waals surface area (Å²) in [6, 6.07) is 0. The summed E-state index contributed by atoms with van der Waals surface area (Å²) in [5, 5.41) is 0. The van der Waals surface area contributed by atoms with E-state index in [4.69, 9.17) is 9.47 Å². The molecule has 0 spiro atoms. The van der Waals surface area contributed by atoms with E-state index in [1.807, 2.05) is 0 Å². The van der Waals surface area contributed by atoms with Gasteiger partial charge in [-0.2, -0.15) is 39.5 Å². The molecule has 0 atom stereocenters. The summed E-state index contributed by atoms with van der Waals surface area (Å²) in [7, 11) is 2.73. The topological polar surface area (TPSA) is 89.5 Å². The quantitative estimate of drug-likeness (QED) is 0.104. The Balaban J connectivity index is 5.31. The molecule has 214 valence electrons. The number of esters is 2. The van der Waals surface area contributed by atoms with Crippen molar-refractivity contribution in [2.45, 2.75) is 36.8 Å². The summed E-state index contributed by atoms with van der Waals surface area (Å²) in [6.45, 7) is -1.11. The van der Waals surface area contributed by atoms with Crippen LogP contribution in [0.1, 0.15) is 12.8 Å². The molecule has 36 heavy (non-hydrogen) atoms. The molecule has 0 aliphatic rings. The number of methoxy groups -OCH3 is 2. The third-order valence-corrected chi connectivity index (χ3v) is 4.33. The fraction of sp³-hybridized carbons (Fsp3) is 0.895. The highest BCUT2D eigenvalue weighted by atomic mass is 19.4. The van der Waals surface area contributed by atoms with Crippen LogP contribution in [-0.4, -0.2) is 103 Å². The normalized spacial score (nSPS) is 13.2. The summed E-state index contributed by atoms with van der Waals surface area (Å²) in [4.78, 5) is 24.3. The predicted octanol–water partition coefficient (Wildman–Crippen LogP) is 3.26. The first kappa shape index (κ1) is 34.1. The van der Waals surface area contributed by atoms with Crippen LogP contribution in [0.2, 0.25) is 0 Å². The van der Waals surface area contributed by atoms with Gasteiger partial charge in [0.05, 0.1) is 39.6 Å². The maximum Gasteiger partial charge on any atom is 0.460 e. The minimum atomic E-state index is -7.10. The van der Waals surface area contributed by atoms with Crippen LogP contribution < -0.4 is 0 Å². The van der Waals surface area contributed by atoms with E-state index in [9.17, 15) is 49.1 Å². The second-order valence-corrected chi connectivity index (χ2v) is 6.99. The standard InChI is InChI=1S/C19H27F9O8/c1-31-5-7-33-9-11-35-14(29)13(15(30)36-12-10-34-8-6-32-2)3-4-16(20,21)17(22,23)18(24,25)19(26,27)28/h13H,3-12H2,1-2H3. The lowest BCUT2D eigenvalue weighted by Gasteiger charge is -2.34. The molecule has 0 N–H and O–H groups in total. The van der Waals surface area contributed by atoms with E-state index in [1.165, 1.54) is 14.2 Å². The first-order valence-corrected chi connectivity index (χ1v) is 10.2. The molecule has 0 rings (SSSR count). The highest BCUT2D eigenvalue weighted by Crippen LogP contribution is 2.54. The maximum absolute atomic E-state index is 13.9. The van der Waals surface area contributed by atoms with Crippen LogP contribution >= 0.6 is 0 Å². The van der Waals surface area contributed by atoms with Gasteiger partial charge in [0.2, 0.25) is 0 Å². The van der Waals surface area contributed by atoms with Gasteiger partial charge < -0.3 is 28.4 Å². The molecular weight excluding hydrogens is 527 g/mol. The van der Waals surface area contributed by atoms with Crippen LogP contribution in [0.5, 0.6) is 0 Å². The van der Waals surface area contributed by atoms with Crippen LogP contribution in [0.15, 0.2) is 0 Å². The van der Waals surface area contributed by atoms with Gasteiger partial charge in [-0.05, 0) is 6.42 Å². The van der Waals surface area contributed by atoms with Crippen molar-refractivity contribution in [2.75, 3.05) is 67.1 Å². The SMILES string of the molecule is COCCOCCOC(=O)C(CCC(F)(F)C(F)(F)C(F)(F)C(F)(F)F)C(=O)OCCOCCOC. The molecule has 0 bridgehead atoms. The van der Waals surface area contributed by atoms with E-state index < -0.39 is 67.9 Å². The van der Waals surface area contributed by atoms with Crippen LogP contribution in [0, 0.1) is 5.92 Å². The first-order chi connectivity index (χ1) is 16.6. The molecule has 0 aliphatic heterocycles. The Bertz CT molecular complexity index is 631. The van der Waals surface area contributed by atoms with Crippen molar-refractivity contribution >= 4 is 11.9 Å². The zero-order chi connectivity index (χ0) is 28.0. The zero-order valence-electron chi connectivity index (χ0n) is 19.3. The Hall–Kier alpha value is -1.85. The monoisotopic (exact) mass is 554 g/mol. The molecule has 0 aromatic heterocycles. The molecule has 0 fully saturated rings. The van der Waals surface area contributed by atoms with Gasteiger partial charge in [-0.1, -0.05) is 0 Å². The molecule has 0 aliphatic carbocycles. The van der Waals surface area contributed by atoms with Crippen molar-refractivity contribution in [1.29, 1.82) is 0 Å². The molecule has 17 heteroatoms. The van der Waals surface area contributed by atoms with Crippen LogP contribution in [0.3, 0.4) is 0 Å². The highest BCUT2D eigenvalue weighted by Gasteiger charge is 2.81. The number of carbonyl (C=O) groups is 2. The van der Waals surface area contributed by atoms with Crippen LogP contribution in [0.4, 0.5) is 39.5 Å². The maximum atomic E-state index is 13.9. The van der Waals surface area contributed by atoms with E-state index in [1.54, 1.807) is 0 Å². The van der Waals surface area contributed by atoms with E-state index >= 15 is 0 Å².